The van der Waals surface area contributed by atoms with Crippen LogP contribution in [0.2, 0.25) is 5.02 Å². The molecule has 0 bridgehead atoms. The summed E-state index contributed by atoms with van der Waals surface area (Å²) in [7, 11) is 0. The number of fused-ring (bicyclic) bond motifs is 1. The van der Waals surface area contributed by atoms with Crippen LogP contribution in [0.5, 0.6) is 0 Å². The van der Waals surface area contributed by atoms with Crippen molar-refractivity contribution in [3.8, 4) is 0 Å². The van der Waals surface area contributed by atoms with E-state index in [4.69, 9.17) is 11.6 Å². The number of hydrogen-bond donors (Lipinski definition) is 1. The average molecular weight is 310 g/mol. The summed E-state index contributed by atoms with van der Waals surface area (Å²) in [5, 5.41) is 10.7. The van der Waals surface area contributed by atoms with E-state index in [0.29, 0.717) is 16.2 Å². The monoisotopic (exact) mass is 309 g/mol. The molecule has 0 fully saturated rings. The van der Waals surface area contributed by atoms with Gasteiger partial charge in [0, 0.05) is 10.4 Å². The molecule has 1 N–H and O–H groups in total. The maximum Gasteiger partial charge on any atom is 0.337 e. The van der Waals surface area contributed by atoms with E-state index in [1.165, 1.54) is 0 Å². The van der Waals surface area contributed by atoms with Crippen LogP contribution in [0.3, 0.4) is 0 Å². The Kier molecular flexibility index (Phi) is 3.90. The number of carboxylic acids is 1. The molecule has 3 rings (SSSR count). The quantitative estimate of drug-likeness (QED) is 0.759. The molecule has 3 aromatic rings. The second-order valence-corrected chi connectivity index (χ2v) is 5.24. The zero-order valence-corrected chi connectivity index (χ0v) is 12.3. The molecule has 0 aliphatic heterocycles. The van der Waals surface area contributed by atoms with E-state index in [1.54, 1.807) is 12.1 Å². The fourth-order valence-electron chi connectivity index (χ4n) is 2.18. The predicted octanol–water partition coefficient (Wildman–Crippen LogP) is 4.76. The second kappa shape index (κ2) is 6.00. The van der Waals surface area contributed by atoms with Gasteiger partial charge in [0.25, 0.3) is 0 Å². The molecule has 0 atom stereocenters. The zero-order chi connectivity index (χ0) is 15.5. The van der Waals surface area contributed by atoms with Gasteiger partial charge >= 0.3 is 5.97 Å². The molecule has 0 saturated heterocycles. The van der Waals surface area contributed by atoms with Crippen LogP contribution in [-0.2, 0) is 0 Å². The lowest BCUT2D eigenvalue weighted by atomic mass is 10.1. The smallest absolute Gasteiger partial charge is 0.337 e. The molecule has 22 heavy (non-hydrogen) atoms. The van der Waals surface area contributed by atoms with Crippen molar-refractivity contribution in [2.75, 3.05) is 0 Å². The van der Waals surface area contributed by atoms with Gasteiger partial charge in [-0.3, -0.25) is 0 Å². The largest absolute Gasteiger partial charge is 0.478 e. The van der Waals surface area contributed by atoms with Gasteiger partial charge in [-0.05, 0) is 35.9 Å². The zero-order valence-electron chi connectivity index (χ0n) is 11.5. The Balaban J connectivity index is 1.99. The average Bonchev–Trinajstić information content (AvgIpc) is 2.53. The minimum atomic E-state index is -0.975. The molecule has 0 amide bonds. The Labute approximate surface area is 132 Å². The molecule has 3 nitrogen and oxygen atoms in total. The number of carboxylic acid groups (broad SMARTS) is 1. The van der Waals surface area contributed by atoms with Crippen LogP contribution in [0.4, 0.5) is 0 Å². The van der Waals surface area contributed by atoms with Crippen LogP contribution in [0.1, 0.15) is 21.6 Å². The van der Waals surface area contributed by atoms with Gasteiger partial charge in [-0.15, -0.1) is 0 Å². The molecule has 0 saturated carbocycles. The van der Waals surface area contributed by atoms with Crippen LogP contribution in [-0.4, -0.2) is 16.1 Å². The normalized spacial score (nSPS) is 11.1. The van der Waals surface area contributed by atoms with Crippen molar-refractivity contribution in [2.24, 2.45) is 0 Å². The summed E-state index contributed by atoms with van der Waals surface area (Å²) in [6.45, 7) is 0. The minimum Gasteiger partial charge on any atom is -0.478 e. The molecule has 0 unspecified atom stereocenters. The highest BCUT2D eigenvalue weighted by Crippen LogP contribution is 2.19. The highest BCUT2D eigenvalue weighted by molar-refractivity contribution is 6.30. The van der Waals surface area contributed by atoms with E-state index >= 15 is 0 Å². The number of aromatic nitrogens is 1. The summed E-state index contributed by atoms with van der Waals surface area (Å²) in [6, 6.07) is 16.3. The highest BCUT2D eigenvalue weighted by atomic mass is 35.5. The van der Waals surface area contributed by atoms with E-state index < -0.39 is 5.97 Å². The fraction of sp³-hybridized carbons (Fsp3) is 0. The summed E-state index contributed by atoms with van der Waals surface area (Å²) in [6.07, 6.45) is 3.76. The number of nitrogens with zero attached hydrogens (tertiary/aromatic N) is 1. The number of benzene rings is 2. The van der Waals surface area contributed by atoms with Crippen molar-refractivity contribution in [1.29, 1.82) is 0 Å². The van der Waals surface area contributed by atoms with E-state index in [1.807, 2.05) is 54.6 Å². The number of para-hydroxylation sites is 1. The van der Waals surface area contributed by atoms with E-state index in [-0.39, 0.29) is 5.56 Å². The molecule has 1 heterocycles. The molecule has 0 spiro atoms. The summed E-state index contributed by atoms with van der Waals surface area (Å²) in [5.74, 6) is -0.975. The summed E-state index contributed by atoms with van der Waals surface area (Å²) >= 11 is 5.85. The number of pyridine rings is 1. The molecular weight excluding hydrogens is 298 g/mol. The molecule has 2 aromatic carbocycles. The molecule has 4 heteroatoms. The van der Waals surface area contributed by atoms with Crippen LogP contribution in [0.25, 0.3) is 23.1 Å². The number of halogens is 1. The SMILES string of the molecule is O=C(O)c1cccc2ccc(/C=C/c3ccc(Cl)cc3)nc12. The maximum atomic E-state index is 11.3. The highest BCUT2D eigenvalue weighted by Gasteiger charge is 2.09. The molecule has 0 radical (unpaired) electrons. The number of rotatable bonds is 3. The van der Waals surface area contributed by atoms with Crippen molar-refractivity contribution in [3.63, 3.8) is 0 Å². The Hall–Kier alpha value is -2.65. The van der Waals surface area contributed by atoms with Crippen LogP contribution in [0.15, 0.2) is 54.6 Å². The van der Waals surface area contributed by atoms with Crippen molar-refractivity contribution >= 4 is 40.6 Å². The van der Waals surface area contributed by atoms with Crippen molar-refractivity contribution in [1.82, 2.24) is 4.98 Å². The first-order chi connectivity index (χ1) is 10.6. The molecule has 1 aromatic heterocycles. The van der Waals surface area contributed by atoms with Crippen molar-refractivity contribution in [3.05, 3.63) is 76.4 Å². The van der Waals surface area contributed by atoms with Crippen LogP contribution >= 0.6 is 11.6 Å². The third-order valence-electron chi connectivity index (χ3n) is 3.29. The standard InChI is InChI=1S/C18H12ClNO2/c19-14-8-4-12(5-9-14)6-10-15-11-7-13-2-1-3-16(18(21)22)17(13)20-15/h1-11H,(H,21,22)/b10-6+. The summed E-state index contributed by atoms with van der Waals surface area (Å²) in [5.41, 5.74) is 2.40. The van der Waals surface area contributed by atoms with Crippen LogP contribution in [0, 0.1) is 0 Å². The van der Waals surface area contributed by atoms with Gasteiger partial charge in [-0.2, -0.15) is 0 Å². The lowest BCUT2D eigenvalue weighted by Gasteiger charge is -2.03. The van der Waals surface area contributed by atoms with Crippen molar-refractivity contribution < 1.29 is 9.90 Å². The van der Waals surface area contributed by atoms with E-state index in [0.717, 1.165) is 10.9 Å². The fourth-order valence-corrected chi connectivity index (χ4v) is 2.31. The van der Waals surface area contributed by atoms with Gasteiger partial charge in [0.15, 0.2) is 0 Å². The Morgan fingerprint density at radius 2 is 1.77 bits per heavy atom. The van der Waals surface area contributed by atoms with E-state index in [9.17, 15) is 9.90 Å². The maximum absolute atomic E-state index is 11.3. The number of hydrogen-bond acceptors (Lipinski definition) is 2. The first-order valence-electron chi connectivity index (χ1n) is 6.70. The first-order valence-corrected chi connectivity index (χ1v) is 7.08. The van der Waals surface area contributed by atoms with Gasteiger partial charge in [-0.25, -0.2) is 9.78 Å². The van der Waals surface area contributed by atoms with Crippen LogP contribution < -0.4 is 0 Å². The minimum absolute atomic E-state index is 0.208. The molecule has 108 valence electrons. The third kappa shape index (κ3) is 3.00. The van der Waals surface area contributed by atoms with Gasteiger partial charge < -0.3 is 5.11 Å². The van der Waals surface area contributed by atoms with Gasteiger partial charge in [-0.1, -0.05) is 48.0 Å². The van der Waals surface area contributed by atoms with E-state index in [2.05, 4.69) is 4.98 Å². The second-order valence-electron chi connectivity index (χ2n) is 4.80. The van der Waals surface area contributed by atoms with Gasteiger partial charge in [0.05, 0.1) is 16.8 Å². The van der Waals surface area contributed by atoms with Gasteiger partial charge in [0.1, 0.15) is 0 Å². The predicted molar refractivity (Wildman–Crippen MR) is 89.1 cm³/mol. The Morgan fingerprint density at radius 1 is 1.00 bits per heavy atom. The molecule has 0 aliphatic rings. The lowest BCUT2D eigenvalue weighted by Crippen LogP contribution is -1.99. The topological polar surface area (TPSA) is 50.2 Å². The lowest BCUT2D eigenvalue weighted by molar-refractivity contribution is 0.0699. The van der Waals surface area contributed by atoms with Gasteiger partial charge in [0.2, 0.25) is 0 Å². The summed E-state index contributed by atoms with van der Waals surface area (Å²) in [4.78, 5) is 15.7. The number of carbonyl (C=O) groups is 1. The Morgan fingerprint density at radius 3 is 2.50 bits per heavy atom. The molecular formula is C18H12ClNO2. The Bertz CT molecular complexity index is 870. The van der Waals surface area contributed by atoms with Crippen molar-refractivity contribution in [2.45, 2.75) is 0 Å². The first kappa shape index (κ1) is 14.3. The number of aromatic carboxylic acids is 1. The third-order valence-corrected chi connectivity index (χ3v) is 3.54. The summed E-state index contributed by atoms with van der Waals surface area (Å²) < 4.78 is 0. The molecule has 0 aliphatic carbocycles.